The molecule has 1 atom stereocenters. The Labute approximate surface area is 223 Å². The number of ketones is 1. The van der Waals surface area contributed by atoms with Crippen molar-refractivity contribution >= 4 is 29.0 Å². The average molecular weight is 529 g/mol. The van der Waals surface area contributed by atoms with E-state index in [4.69, 9.17) is 0 Å². The largest absolute Gasteiger partial charge is 0.364 e. The van der Waals surface area contributed by atoms with Crippen molar-refractivity contribution in [1.29, 1.82) is 0 Å². The number of aromatic nitrogens is 3. The highest BCUT2D eigenvalue weighted by molar-refractivity contribution is 6.47. The lowest BCUT2D eigenvalue weighted by Gasteiger charge is -2.39. The molecule has 0 bridgehead atoms. The lowest BCUT2D eigenvalue weighted by Crippen LogP contribution is -2.52. The molecule has 1 saturated heterocycles. The first-order valence-electron chi connectivity index (χ1n) is 12.7. The Morgan fingerprint density at radius 3 is 2.54 bits per heavy atom. The molecule has 4 aromatic rings. The number of rotatable bonds is 5. The topological polar surface area (TPSA) is 83.4 Å². The molecular weight excluding hydrogens is 502 g/mol. The molecule has 39 heavy (non-hydrogen) atoms. The molecule has 1 fully saturated rings. The Bertz CT molecular complexity index is 1600. The maximum Gasteiger partial charge on any atom is 0.298 e. The molecule has 0 saturated carbocycles. The van der Waals surface area contributed by atoms with Crippen LogP contribution in [-0.4, -0.2) is 51.9 Å². The van der Waals surface area contributed by atoms with E-state index in [2.05, 4.69) is 20.2 Å². The summed E-state index contributed by atoms with van der Waals surface area (Å²) in [5.41, 5.74) is 4.19. The molecule has 1 unspecified atom stereocenters. The van der Waals surface area contributed by atoms with Crippen molar-refractivity contribution in [3.8, 4) is 11.1 Å². The minimum Gasteiger partial charge on any atom is -0.364 e. The highest BCUT2D eigenvalue weighted by atomic mass is 19.1. The number of fused-ring (bicyclic) bond motifs is 3. The second-order valence-electron chi connectivity index (χ2n) is 9.91. The summed E-state index contributed by atoms with van der Waals surface area (Å²) in [5, 5.41) is 2.74. The van der Waals surface area contributed by atoms with Crippen molar-refractivity contribution in [2.24, 2.45) is 7.05 Å². The van der Waals surface area contributed by atoms with Crippen LogP contribution in [0.1, 0.15) is 21.7 Å². The average Bonchev–Trinajstić information content (AvgIpc) is 3.44. The molecular formula is C29H26F2N6O2. The van der Waals surface area contributed by atoms with Crippen LogP contribution in [-0.2, 0) is 18.3 Å². The molecule has 10 heteroatoms. The van der Waals surface area contributed by atoms with E-state index < -0.39 is 23.3 Å². The number of anilines is 3. The van der Waals surface area contributed by atoms with Crippen molar-refractivity contribution in [3.63, 3.8) is 0 Å². The molecule has 0 aliphatic carbocycles. The fourth-order valence-corrected chi connectivity index (χ4v) is 5.54. The van der Waals surface area contributed by atoms with E-state index in [-0.39, 0.29) is 17.3 Å². The van der Waals surface area contributed by atoms with Gasteiger partial charge in [0.2, 0.25) is 5.95 Å². The van der Waals surface area contributed by atoms with Gasteiger partial charge in [-0.2, -0.15) is 0 Å². The van der Waals surface area contributed by atoms with Crippen LogP contribution in [0.25, 0.3) is 11.1 Å². The molecule has 198 valence electrons. The fourth-order valence-electron chi connectivity index (χ4n) is 5.54. The molecule has 0 radical (unpaired) electrons. The van der Waals surface area contributed by atoms with E-state index in [0.29, 0.717) is 30.3 Å². The predicted octanol–water partition coefficient (Wildman–Crippen LogP) is 4.14. The number of carbonyl (C=O) groups is 2. The number of benzene rings is 2. The summed E-state index contributed by atoms with van der Waals surface area (Å²) in [6.45, 7) is 3.95. The van der Waals surface area contributed by atoms with Crippen molar-refractivity contribution < 1.29 is 18.4 Å². The first-order valence-corrected chi connectivity index (χ1v) is 12.7. The van der Waals surface area contributed by atoms with Gasteiger partial charge < -0.3 is 19.7 Å². The number of piperazine rings is 1. The van der Waals surface area contributed by atoms with Crippen LogP contribution in [0.5, 0.6) is 0 Å². The number of hydrogen-bond donors (Lipinski definition) is 1. The normalized spacial score (nSPS) is 16.2. The SMILES string of the molecule is Cc1cc(-c2ccccc2F)c(C(=O)C(=O)Nc2ccc3c(c2)CC2CN(c4ncc(F)cn4)CCN32)n1C. The second-order valence-corrected chi connectivity index (χ2v) is 9.91. The maximum atomic E-state index is 14.5. The molecule has 1 N–H and O–H groups in total. The third-order valence-electron chi connectivity index (χ3n) is 7.53. The van der Waals surface area contributed by atoms with Gasteiger partial charge in [0.15, 0.2) is 5.82 Å². The quantitative estimate of drug-likeness (QED) is 0.310. The van der Waals surface area contributed by atoms with Crippen molar-refractivity contribution in [1.82, 2.24) is 14.5 Å². The van der Waals surface area contributed by atoms with Gasteiger partial charge in [-0.1, -0.05) is 18.2 Å². The lowest BCUT2D eigenvalue weighted by atomic mass is 10.0. The molecule has 2 aliphatic heterocycles. The molecule has 4 heterocycles. The second kappa shape index (κ2) is 9.61. The Hall–Kier alpha value is -4.60. The van der Waals surface area contributed by atoms with Gasteiger partial charge in [-0.3, -0.25) is 9.59 Å². The molecule has 2 aliphatic rings. The van der Waals surface area contributed by atoms with Crippen molar-refractivity contribution in [2.75, 3.05) is 34.8 Å². The van der Waals surface area contributed by atoms with Crippen LogP contribution in [0.4, 0.5) is 26.1 Å². The zero-order valence-corrected chi connectivity index (χ0v) is 21.5. The summed E-state index contributed by atoms with van der Waals surface area (Å²) < 4.78 is 29.4. The van der Waals surface area contributed by atoms with Gasteiger partial charge in [-0.15, -0.1) is 0 Å². The van der Waals surface area contributed by atoms with Gasteiger partial charge in [0.05, 0.1) is 18.4 Å². The predicted molar refractivity (Wildman–Crippen MR) is 144 cm³/mol. The van der Waals surface area contributed by atoms with Gasteiger partial charge in [-0.25, -0.2) is 18.7 Å². The number of halogens is 2. The van der Waals surface area contributed by atoms with Gasteiger partial charge in [-0.05, 0) is 49.2 Å². The van der Waals surface area contributed by atoms with Gasteiger partial charge in [0, 0.05) is 54.9 Å². The Kier molecular flexibility index (Phi) is 6.09. The first-order chi connectivity index (χ1) is 18.8. The van der Waals surface area contributed by atoms with Gasteiger partial charge in [0.25, 0.3) is 11.7 Å². The number of aryl methyl sites for hydroxylation is 1. The lowest BCUT2D eigenvalue weighted by molar-refractivity contribution is -0.112. The van der Waals surface area contributed by atoms with E-state index >= 15 is 0 Å². The smallest absolute Gasteiger partial charge is 0.298 e. The zero-order chi connectivity index (χ0) is 27.3. The number of Topliss-reactive ketones (excluding diaryl/α,β-unsaturated/α-hetero) is 1. The molecule has 2 aromatic heterocycles. The van der Waals surface area contributed by atoms with Crippen LogP contribution in [0.3, 0.4) is 0 Å². The van der Waals surface area contributed by atoms with E-state index in [1.807, 2.05) is 17.0 Å². The summed E-state index contributed by atoms with van der Waals surface area (Å²) in [4.78, 5) is 39.0. The molecule has 2 aromatic carbocycles. The minimum atomic E-state index is -0.788. The van der Waals surface area contributed by atoms with Crippen molar-refractivity contribution in [3.05, 3.63) is 89.5 Å². The molecule has 0 spiro atoms. The highest BCUT2D eigenvalue weighted by Gasteiger charge is 2.35. The van der Waals surface area contributed by atoms with Gasteiger partial charge in [0.1, 0.15) is 11.5 Å². The number of nitrogens with one attached hydrogen (secondary N) is 1. The first kappa shape index (κ1) is 24.7. The number of carbonyl (C=O) groups excluding carboxylic acids is 2. The number of hydrogen-bond acceptors (Lipinski definition) is 6. The van der Waals surface area contributed by atoms with E-state index in [1.165, 1.54) is 18.5 Å². The summed E-state index contributed by atoms with van der Waals surface area (Å²) in [6, 6.07) is 13.7. The summed E-state index contributed by atoms with van der Waals surface area (Å²) in [5.74, 6) is -1.95. The standard InChI is InChI=1S/C29H26F2N6O2/c1-17-11-23(22-5-3-4-6-24(22)31)26(35(17)2)27(38)28(39)34-20-7-8-25-18(12-20)13-21-16-36(9-10-37(21)25)29-32-14-19(30)15-33-29/h3-8,11-12,14-15,21H,9-10,13,16H2,1-2H3,(H,34,39). The number of nitrogens with zero attached hydrogens (tertiary/aromatic N) is 5. The Morgan fingerprint density at radius 1 is 1.00 bits per heavy atom. The fraction of sp³-hybridized carbons (Fsp3) is 0.241. The summed E-state index contributed by atoms with van der Waals surface area (Å²) in [7, 11) is 1.69. The van der Waals surface area contributed by atoms with E-state index in [0.717, 1.165) is 29.9 Å². The molecule has 6 rings (SSSR count). The van der Waals surface area contributed by atoms with Gasteiger partial charge >= 0.3 is 0 Å². The minimum absolute atomic E-state index is 0.136. The van der Waals surface area contributed by atoms with Crippen LogP contribution in [0.15, 0.2) is 60.9 Å². The third-order valence-corrected chi connectivity index (χ3v) is 7.53. The maximum absolute atomic E-state index is 14.5. The monoisotopic (exact) mass is 528 g/mol. The molecule has 1 amide bonds. The Morgan fingerprint density at radius 2 is 1.77 bits per heavy atom. The Balaban J connectivity index is 1.19. The van der Waals surface area contributed by atoms with Crippen LogP contribution in [0, 0.1) is 18.6 Å². The van der Waals surface area contributed by atoms with E-state index in [1.54, 1.807) is 48.9 Å². The van der Waals surface area contributed by atoms with Crippen LogP contribution in [0.2, 0.25) is 0 Å². The van der Waals surface area contributed by atoms with E-state index in [9.17, 15) is 18.4 Å². The van der Waals surface area contributed by atoms with Crippen LogP contribution >= 0.6 is 0 Å². The zero-order valence-electron chi connectivity index (χ0n) is 21.5. The van der Waals surface area contributed by atoms with Crippen LogP contribution < -0.4 is 15.1 Å². The molecule has 8 nitrogen and oxygen atoms in total. The summed E-state index contributed by atoms with van der Waals surface area (Å²) in [6.07, 6.45) is 3.09. The van der Waals surface area contributed by atoms with Crippen molar-refractivity contribution in [2.45, 2.75) is 19.4 Å². The highest BCUT2D eigenvalue weighted by Crippen LogP contribution is 2.36. The number of amides is 1. The summed E-state index contributed by atoms with van der Waals surface area (Å²) >= 11 is 0. The third kappa shape index (κ3) is 4.41.